The van der Waals surface area contributed by atoms with Gasteiger partial charge in [0.25, 0.3) is 0 Å². The number of urea groups is 1. The monoisotopic (exact) mass is 303 g/mol. The summed E-state index contributed by atoms with van der Waals surface area (Å²) >= 11 is 1.33. The van der Waals surface area contributed by atoms with Crippen LogP contribution in [0.25, 0.3) is 10.9 Å². The summed E-state index contributed by atoms with van der Waals surface area (Å²) in [4.78, 5) is 27.5. The van der Waals surface area contributed by atoms with Gasteiger partial charge in [0.15, 0.2) is 0 Å². The minimum atomic E-state index is -0.505. The standard InChI is InChI=1S/C15H17N3O2S/c1-9-8-13(17-12-7-5-4-6-11(9)12)21-10(2)14(19)18-15(20)16-3/h4-8,10H,1-3H3,(H2,16,18,19,20)/t10-/m0/s1. The van der Waals surface area contributed by atoms with Crippen LogP contribution >= 0.6 is 11.8 Å². The molecule has 0 bridgehead atoms. The maximum atomic E-state index is 11.8. The van der Waals surface area contributed by atoms with Gasteiger partial charge in [0, 0.05) is 12.4 Å². The Balaban J connectivity index is 2.16. The molecule has 0 saturated carbocycles. The highest BCUT2D eigenvalue weighted by Gasteiger charge is 2.17. The Morgan fingerprint density at radius 3 is 2.71 bits per heavy atom. The average molecular weight is 303 g/mol. The van der Waals surface area contributed by atoms with E-state index in [1.165, 1.54) is 18.8 Å². The first-order chi connectivity index (χ1) is 10.0. The third-order valence-electron chi connectivity index (χ3n) is 3.03. The van der Waals surface area contributed by atoms with E-state index in [1.807, 2.05) is 37.3 Å². The number of carbonyl (C=O) groups excluding carboxylic acids is 2. The molecule has 0 radical (unpaired) electrons. The summed E-state index contributed by atoms with van der Waals surface area (Å²) in [6.45, 7) is 3.76. The molecule has 1 aromatic heterocycles. The summed E-state index contributed by atoms with van der Waals surface area (Å²) in [5, 5.41) is 6.08. The Morgan fingerprint density at radius 2 is 2.00 bits per heavy atom. The number of amides is 3. The molecule has 6 heteroatoms. The summed E-state index contributed by atoms with van der Waals surface area (Å²) in [6, 6.07) is 9.33. The van der Waals surface area contributed by atoms with Gasteiger partial charge in [-0.2, -0.15) is 0 Å². The number of fused-ring (bicyclic) bond motifs is 1. The predicted molar refractivity (Wildman–Crippen MR) is 84.4 cm³/mol. The SMILES string of the molecule is CNC(=O)NC(=O)[C@H](C)Sc1cc(C)c2ccccc2n1. The fourth-order valence-electron chi connectivity index (χ4n) is 1.89. The minimum Gasteiger partial charge on any atom is -0.341 e. The van der Waals surface area contributed by atoms with Crippen LogP contribution in [0.2, 0.25) is 0 Å². The van der Waals surface area contributed by atoms with Crippen molar-refractivity contribution in [2.45, 2.75) is 24.1 Å². The number of carbonyl (C=O) groups is 2. The predicted octanol–water partition coefficient (Wildman–Crippen LogP) is 2.48. The normalized spacial score (nSPS) is 12.0. The lowest BCUT2D eigenvalue weighted by Crippen LogP contribution is -2.41. The molecule has 2 N–H and O–H groups in total. The van der Waals surface area contributed by atoms with E-state index in [-0.39, 0.29) is 5.91 Å². The van der Waals surface area contributed by atoms with Gasteiger partial charge in [-0.05, 0) is 31.5 Å². The Morgan fingerprint density at radius 1 is 1.29 bits per heavy atom. The van der Waals surface area contributed by atoms with Crippen molar-refractivity contribution in [2.75, 3.05) is 7.05 Å². The van der Waals surface area contributed by atoms with Gasteiger partial charge in [-0.1, -0.05) is 30.0 Å². The summed E-state index contributed by atoms with van der Waals surface area (Å²) < 4.78 is 0. The number of hydrogen-bond acceptors (Lipinski definition) is 4. The molecule has 0 fully saturated rings. The van der Waals surface area contributed by atoms with Crippen LogP contribution in [0.4, 0.5) is 4.79 Å². The zero-order chi connectivity index (χ0) is 15.4. The van der Waals surface area contributed by atoms with Crippen LogP contribution in [-0.2, 0) is 4.79 Å². The van der Waals surface area contributed by atoms with E-state index in [4.69, 9.17) is 0 Å². The van der Waals surface area contributed by atoms with Gasteiger partial charge < -0.3 is 5.32 Å². The van der Waals surface area contributed by atoms with E-state index in [1.54, 1.807) is 6.92 Å². The van der Waals surface area contributed by atoms with Gasteiger partial charge in [0.2, 0.25) is 5.91 Å². The highest BCUT2D eigenvalue weighted by molar-refractivity contribution is 8.00. The number of aryl methyl sites for hydroxylation is 1. The van der Waals surface area contributed by atoms with Gasteiger partial charge in [-0.3, -0.25) is 10.1 Å². The number of thioether (sulfide) groups is 1. The molecule has 0 aliphatic carbocycles. The van der Waals surface area contributed by atoms with Gasteiger partial charge in [0.1, 0.15) is 0 Å². The number of nitrogens with zero attached hydrogens (tertiary/aromatic N) is 1. The largest absolute Gasteiger partial charge is 0.341 e. The van der Waals surface area contributed by atoms with Crippen molar-refractivity contribution in [1.82, 2.24) is 15.6 Å². The number of benzene rings is 1. The van der Waals surface area contributed by atoms with E-state index in [0.29, 0.717) is 0 Å². The third kappa shape index (κ3) is 3.72. The molecule has 1 heterocycles. The summed E-state index contributed by atoms with van der Waals surface area (Å²) in [7, 11) is 1.47. The molecule has 3 amide bonds. The molecule has 1 aromatic carbocycles. The van der Waals surface area contributed by atoms with Crippen molar-refractivity contribution in [1.29, 1.82) is 0 Å². The first-order valence-electron chi connectivity index (χ1n) is 6.57. The van der Waals surface area contributed by atoms with E-state index in [9.17, 15) is 9.59 Å². The van der Waals surface area contributed by atoms with Crippen molar-refractivity contribution in [3.8, 4) is 0 Å². The number of imide groups is 1. The Bertz CT molecular complexity index is 688. The third-order valence-corrected chi connectivity index (χ3v) is 4.05. The van der Waals surface area contributed by atoms with Crippen LogP contribution in [-0.4, -0.2) is 29.2 Å². The van der Waals surface area contributed by atoms with Crippen molar-refractivity contribution in [3.05, 3.63) is 35.9 Å². The maximum Gasteiger partial charge on any atom is 0.321 e. The first kappa shape index (κ1) is 15.3. The lowest BCUT2D eigenvalue weighted by molar-refractivity contribution is -0.119. The molecule has 0 aliphatic rings. The Kier molecular flexibility index (Phi) is 4.80. The Hall–Kier alpha value is -2.08. The minimum absolute atomic E-state index is 0.341. The quantitative estimate of drug-likeness (QED) is 0.855. The van der Waals surface area contributed by atoms with Crippen LogP contribution in [0, 0.1) is 6.92 Å². The second-order valence-corrected chi connectivity index (χ2v) is 5.98. The number of hydrogen-bond donors (Lipinski definition) is 2. The van der Waals surface area contributed by atoms with Crippen LogP contribution in [0.15, 0.2) is 35.4 Å². The zero-order valence-corrected chi connectivity index (χ0v) is 13.0. The van der Waals surface area contributed by atoms with Crippen molar-refractivity contribution >= 4 is 34.6 Å². The van der Waals surface area contributed by atoms with E-state index in [0.717, 1.165) is 21.5 Å². The van der Waals surface area contributed by atoms with Crippen molar-refractivity contribution in [2.24, 2.45) is 0 Å². The van der Waals surface area contributed by atoms with Crippen LogP contribution < -0.4 is 10.6 Å². The smallest absolute Gasteiger partial charge is 0.321 e. The van der Waals surface area contributed by atoms with E-state index >= 15 is 0 Å². The molecule has 0 aliphatic heterocycles. The molecular formula is C15H17N3O2S. The number of nitrogens with one attached hydrogen (secondary N) is 2. The molecule has 21 heavy (non-hydrogen) atoms. The van der Waals surface area contributed by atoms with Gasteiger partial charge in [-0.15, -0.1) is 0 Å². The van der Waals surface area contributed by atoms with Crippen LogP contribution in [0.1, 0.15) is 12.5 Å². The van der Waals surface area contributed by atoms with Gasteiger partial charge in [0.05, 0.1) is 15.8 Å². The highest BCUT2D eigenvalue weighted by Crippen LogP contribution is 2.26. The van der Waals surface area contributed by atoms with E-state index in [2.05, 4.69) is 15.6 Å². The molecular weight excluding hydrogens is 286 g/mol. The molecule has 0 saturated heterocycles. The molecule has 1 atom stereocenters. The summed E-state index contributed by atoms with van der Waals surface area (Å²) in [5.74, 6) is -0.341. The maximum absolute atomic E-state index is 11.8. The molecule has 5 nitrogen and oxygen atoms in total. The molecule has 0 unspecified atom stereocenters. The fraction of sp³-hybridized carbons (Fsp3) is 0.267. The summed E-state index contributed by atoms with van der Waals surface area (Å²) in [5.41, 5.74) is 2.01. The molecule has 0 spiro atoms. The van der Waals surface area contributed by atoms with Gasteiger partial charge in [-0.25, -0.2) is 9.78 Å². The number of para-hydroxylation sites is 1. The molecule has 2 aromatic rings. The number of rotatable bonds is 3. The van der Waals surface area contributed by atoms with Crippen LogP contribution in [0.5, 0.6) is 0 Å². The lowest BCUT2D eigenvalue weighted by Gasteiger charge is -2.11. The first-order valence-corrected chi connectivity index (χ1v) is 7.45. The fourth-order valence-corrected chi connectivity index (χ4v) is 2.81. The molecule has 2 rings (SSSR count). The summed E-state index contributed by atoms with van der Waals surface area (Å²) in [6.07, 6.45) is 0. The molecule has 110 valence electrons. The average Bonchev–Trinajstić information content (AvgIpc) is 2.47. The number of aromatic nitrogens is 1. The number of pyridine rings is 1. The van der Waals surface area contributed by atoms with Crippen LogP contribution in [0.3, 0.4) is 0 Å². The van der Waals surface area contributed by atoms with E-state index < -0.39 is 11.3 Å². The Labute approximate surface area is 127 Å². The van der Waals surface area contributed by atoms with Crippen molar-refractivity contribution < 1.29 is 9.59 Å². The topological polar surface area (TPSA) is 71.1 Å². The lowest BCUT2D eigenvalue weighted by atomic mass is 10.1. The zero-order valence-electron chi connectivity index (χ0n) is 12.1. The second-order valence-electron chi connectivity index (χ2n) is 4.62. The highest BCUT2D eigenvalue weighted by atomic mass is 32.2. The second kappa shape index (κ2) is 6.58. The van der Waals surface area contributed by atoms with Gasteiger partial charge >= 0.3 is 6.03 Å². The van der Waals surface area contributed by atoms with Crippen molar-refractivity contribution in [3.63, 3.8) is 0 Å².